The van der Waals surface area contributed by atoms with E-state index in [9.17, 15) is 23.1 Å². The van der Waals surface area contributed by atoms with Crippen LogP contribution < -0.4 is 4.74 Å². The van der Waals surface area contributed by atoms with Gasteiger partial charge in [-0.15, -0.1) is 13.2 Å². The molecule has 16 heavy (non-hydrogen) atoms. The normalized spacial score (nSPS) is 11.2. The Kier molecular flexibility index (Phi) is 2.92. The first-order valence-corrected chi connectivity index (χ1v) is 3.90. The Morgan fingerprint density at radius 1 is 1.50 bits per heavy atom. The van der Waals surface area contributed by atoms with E-state index in [-0.39, 0.29) is 5.69 Å². The summed E-state index contributed by atoms with van der Waals surface area (Å²) in [5, 5.41) is 17.8. The van der Waals surface area contributed by atoms with Gasteiger partial charge in [-0.3, -0.25) is 0 Å². The van der Waals surface area contributed by atoms with Gasteiger partial charge in [0, 0.05) is 6.07 Å². The molecule has 8 heteroatoms. The topological polar surface area (TPSA) is 79.7 Å². The third kappa shape index (κ3) is 2.75. The number of pyridine rings is 1. The van der Waals surface area contributed by atoms with Crippen molar-refractivity contribution in [1.29, 1.82) is 0 Å². The molecular weight excluding hydrogens is 231 g/mol. The van der Waals surface area contributed by atoms with Crippen LogP contribution >= 0.6 is 0 Å². The van der Waals surface area contributed by atoms with E-state index >= 15 is 0 Å². The zero-order valence-electron chi connectivity index (χ0n) is 7.87. The molecule has 0 atom stereocenters. The number of ether oxygens (including phenoxy) is 1. The summed E-state index contributed by atoms with van der Waals surface area (Å²) in [6, 6.07) is 0.498. The van der Waals surface area contributed by atoms with E-state index in [1.807, 2.05) is 0 Å². The van der Waals surface area contributed by atoms with E-state index in [1.54, 1.807) is 0 Å². The summed E-state index contributed by atoms with van der Waals surface area (Å²) in [5.74, 6) is -3.20. The Labute approximate surface area is 87.1 Å². The second kappa shape index (κ2) is 3.87. The van der Waals surface area contributed by atoms with E-state index < -0.39 is 29.5 Å². The number of carboxylic acid groups (broad SMARTS) is 1. The number of halogens is 3. The van der Waals surface area contributed by atoms with E-state index in [1.165, 1.54) is 0 Å². The second-order valence-corrected chi connectivity index (χ2v) is 2.80. The predicted octanol–water partition coefficient (Wildman–Crippen LogP) is 1.69. The molecule has 0 aliphatic heterocycles. The smallest absolute Gasteiger partial charge is 0.505 e. The van der Waals surface area contributed by atoms with Gasteiger partial charge in [0.15, 0.2) is 5.75 Å². The maximum absolute atomic E-state index is 11.8. The van der Waals surface area contributed by atoms with Crippen LogP contribution in [0.5, 0.6) is 11.6 Å². The Morgan fingerprint density at radius 2 is 2.06 bits per heavy atom. The van der Waals surface area contributed by atoms with Crippen LogP contribution in [0.2, 0.25) is 0 Å². The van der Waals surface area contributed by atoms with Crippen molar-refractivity contribution in [2.75, 3.05) is 0 Å². The molecule has 0 amide bonds. The van der Waals surface area contributed by atoms with E-state index in [0.29, 0.717) is 6.07 Å². The maximum atomic E-state index is 11.8. The number of rotatable bonds is 2. The summed E-state index contributed by atoms with van der Waals surface area (Å²) >= 11 is 0. The lowest BCUT2D eigenvalue weighted by Gasteiger charge is -2.10. The number of carbonyl (C=O) groups is 1. The highest BCUT2D eigenvalue weighted by Crippen LogP contribution is 2.27. The maximum Gasteiger partial charge on any atom is 0.574 e. The molecule has 0 saturated heterocycles. The minimum atomic E-state index is -4.97. The van der Waals surface area contributed by atoms with Gasteiger partial charge in [-0.2, -0.15) is 0 Å². The molecule has 88 valence electrons. The first-order chi connectivity index (χ1) is 7.20. The molecule has 0 aliphatic carbocycles. The van der Waals surface area contributed by atoms with Crippen molar-refractivity contribution in [3.63, 3.8) is 0 Å². The Morgan fingerprint density at radius 3 is 2.50 bits per heavy atom. The fourth-order valence-corrected chi connectivity index (χ4v) is 0.971. The molecule has 1 rings (SSSR count). The highest BCUT2D eigenvalue weighted by atomic mass is 19.4. The van der Waals surface area contributed by atoms with Crippen molar-refractivity contribution in [3.05, 3.63) is 17.3 Å². The van der Waals surface area contributed by atoms with Crippen LogP contribution in [0.4, 0.5) is 13.2 Å². The average Bonchev–Trinajstić information content (AvgIpc) is 2.07. The van der Waals surface area contributed by atoms with Crippen molar-refractivity contribution in [3.8, 4) is 11.6 Å². The molecule has 0 aliphatic rings. The molecule has 1 aromatic heterocycles. The highest BCUT2D eigenvalue weighted by Gasteiger charge is 2.32. The lowest BCUT2D eigenvalue weighted by atomic mass is 10.2. The second-order valence-electron chi connectivity index (χ2n) is 2.80. The van der Waals surface area contributed by atoms with Crippen molar-refractivity contribution in [2.45, 2.75) is 13.3 Å². The third-order valence-corrected chi connectivity index (χ3v) is 1.59. The van der Waals surface area contributed by atoms with Gasteiger partial charge in [-0.25, -0.2) is 9.78 Å². The van der Waals surface area contributed by atoms with E-state index in [0.717, 1.165) is 6.92 Å². The summed E-state index contributed by atoms with van der Waals surface area (Å²) < 4.78 is 38.9. The minimum Gasteiger partial charge on any atom is -0.505 e. The number of carboxylic acids is 1. The molecule has 2 N–H and O–H groups in total. The van der Waals surface area contributed by atoms with Crippen LogP contribution in [0.15, 0.2) is 6.07 Å². The minimum absolute atomic E-state index is 0.265. The number of aromatic nitrogens is 1. The summed E-state index contributed by atoms with van der Waals surface area (Å²) in [6.07, 6.45) is -4.97. The molecule has 5 nitrogen and oxygen atoms in total. The van der Waals surface area contributed by atoms with Gasteiger partial charge in [0.05, 0.1) is 5.69 Å². The standard InChI is InChI=1S/C8H6F3NO4/c1-3-6(13)4(7(14)15)2-5(12-3)16-8(9,10)11/h2,13H,1H3,(H,14,15). The number of nitrogens with zero attached hydrogens (tertiary/aromatic N) is 1. The lowest BCUT2D eigenvalue weighted by Crippen LogP contribution is -2.18. The summed E-state index contributed by atoms with van der Waals surface area (Å²) in [5.41, 5.74) is -0.967. The van der Waals surface area contributed by atoms with E-state index in [2.05, 4.69) is 9.72 Å². The number of hydrogen-bond acceptors (Lipinski definition) is 4. The van der Waals surface area contributed by atoms with Gasteiger partial charge in [0.1, 0.15) is 5.56 Å². The van der Waals surface area contributed by atoms with Gasteiger partial charge < -0.3 is 14.9 Å². The Bertz CT molecular complexity index is 430. The largest absolute Gasteiger partial charge is 0.574 e. The number of aromatic carboxylic acids is 1. The zero-order chi connectivity index (χ0) is 12.5. The fourth-order valence-electron chi connectivity index (χ4n) is 0.971. The SMILES string of the molecule is Cc1nc(OC(F)(F)F)cc(C(=O)O)c1O. The van der Waals surface area contributed by atoms with Crippen LogP contribution in [0, 0.1) is 6.92 Å². The lowest BCUT2D eigenvalue weighted by molar-refractivity contribution is -0.276. The van der Waals surface area contributed by atoms with Crippen molar-refractivity contribution >= 4 is 5.97 Å². The van der Waals surface area contributed by atoms with Gasteiger partial charge in [-0.05, 0) is 6.92 Å². The molecule has 0 unspecified atom stereocenters. The molecule has 0 fully saturated rings. The fraction of sp³-hybridized carbons (Fsp3) is 0.250. The van der Waals surface area contributed by atoms with Gasteiger partial charge in [0.2, 0.25) is 5.88 Å². The summed E-state index contributed by atoms with van der Waals surface area (Å²) in [7, 11) is 0. The number of alkyl halides is 3. The van der Waals surface area contributed by atoms with Crippen LogP contribution in [0.25, 0.3) is 0 Å². The predicted molar refractivity (Wildman–Crippen MR) is 44.3 cm³/mol. The third-order valence-electron chi connectivity index (χ3n) is 1.59. The van der Waals surface area contributed by atoms with Crippen LogP contribution in [0.3, 0.4) is 0 Å². The van der Waals surface area contributed by atoms with Crippen LogP contribution in [-0.4, -0.2) is 27.5 Å². The zero-order valence-corrected chi connectivity index (χ0v) is 7.87. The molecule has 0 saturated carbocycles. The average molecular weight is 237 g/mol. The monoisotopic (exact) mass is 237 g/mol. The number of aromatic hydroxyl groups is 1. The molecule has 0 radical (unpaired) electrons. The molecule has 1 heterocycles. The first kappa shape index (κ1) is 12.1. The van der Waals surface area contributed by atoms with Crippen molar-refractivity contribution in [1.82, 2.24) is 4.98 Å². The van der Waals surface area contributed by atoms with Crippen LogP contribution in [0.1, 0.15) is 16.1 Å². The quantitative estimate of drug-likeness (QED) is 0.818. The van der Waals surface area contributed by atoms with Crippen LogP contribution in [-0.2, 0) is 0 Å². The van der Waals surface area contributed by atoms with Crippen molar-refractivity contribution < 1.29 is 32.9 Å². The molecule has 0 spiro atoms. The first-order valence-electron chi connectivity index (χ1n) is 3.90. The molecule has 0 aromatic carbocycles. The number of hydrogen-bond donors (Lipinski definition) is 2. The Balaban J connectivity index is 3.19. The molecular formula is C8H6F3NO4. The molecule has 1 aromatic rings. The van der Waals surface area contributed by atoms with E-state index in [4.69, 9.17) is 5.11 Å². The molecule has 0 bridgehead atoms. The highest BCUT2D eigenvalue weighted by molar-refractivity contribution is 5.91. The van der Waals surface area contributed by atoms with Gasteiger partial charge in [0.25, 0.3) is 0 Å². The van der Waals surface area contributed by atoms with Gasteiger partial charge in [-0.1, -0.05) is 0 Å². The summed E-state index contributed by atoms with van der Waals surface area (Å²) in [4.78, 5) is 13.8. The Hall–Kier alpha value is -1.99. The summed E-state index contributed by atoms with van der Waals surface area (Å²) in [6.45, 7) is 1.16. The van der Waals surface area contributed by atoms with Crippen molar-refractivity contribution in [2.24, 2.45) is 0 Å². The van der Waals surface area contributed by atoms with Gasteiger partial charge >= 0.3 is 12.3 Å². The number of aryl methyl sites for hydroxylation is 1.